The molecule has 0 aliphatic carbocycles. The van der Waals surface area contributed by atoms with Crippen LogP contribution >= 0.6 is 0 Å². The molecule has 2 aromatic rings. The van der Waals surface area contributed by atoms with Gasteiger partial charge in [-0.05, 0) is 30.9 Å². The molecular weight excluding hydrogens is 408 g/mol. The number of ether oxygens (including phenoxy) is 2. The molecule has 1 fully saturated rings. The first-order chi connectivity index (χ1) is 15.4. The van der Waals surface area contributed by atoms with Gasteiger partial charge >= 0.3 is 12.1 Å². The molecule has 7 nitrogen and oxygen atoms in total. The number of rotatable bonds is 7. The molecule has 1 saturated heterocycles. The predicted molar refractivity (Wildman–Crippen MR) is 119 cm³/mol. The number of hydrogen-bond donors (Lipinski definition) is 1. The van der Waals surface area contributed by atoms with Crippen LogP contribution in [0.15, 0.2) is 54.6 Å². The van der Waals surface area contributed by atoms with E-state index in [1.165, 1.54) is 0 Å². The van der Waals surface area contributed by atoms with Crippen LogP contribution in [0.5, 0.6) is 0 Å². The normalized spacial score (nSPS) is 20.3. The zero-order valence-electron chi connectivity index (χ0n) is 18.2. The van der Waals surface area contributed by atoms with Gasteiger partial charge in [0.2, 0.25) is 0 Å². The lowest BCUT2D eigenvalue weighted by atomic mass is 9.80. The van der Waals surface area contributed by atoms with Gasteiger partial charge in [0.25, 0.3) is 0 Å². The van der Waals surface area contributed by atoms with Gasteiger partial charge in [-0.25, -0.2) is 9.64 Å². The third-order valence-electron chi connectivity index (χ3n) is 5.71. The summed E-state index contributed by atoms with van der Waals surface area (Å²) in [5.74, 6) is -0.344. The van der Waals surface area contributed by atoms with Crippen molar-refractivity contribution in [3.63, 3.8) is 0 Å². The van der Waals surface area contributed by atoms with E-state index < -0.39 is 17.7 Å². The molecule has 0 spiro atoms. The first-order valence-electron chi connectivity index (χ1n) is 10.8. The number of carbonyl (C=O) groups is 2. The second-order valence-electron chi connectivity index (χ2n) is 7.94. The Morgan fingerprint density at radius 2 is 1.88 bits per heavy atom. The number of benzene rings is 2. The minimum Gasteiger partial charge on any atom is -0.466 e. The van der Waals surface area contributed by atoms with E-state index in [0.29, 0.717) is 25.3 Å². The molecule has 2 atom stereocenters. The maximum atomic E-state index is 12.9. The van der Waals surface area contributed by atoms with E-state index in [0.717, 1.165) is 11.1 Å². The minimum atomic E-state index is -1.11. The maximum Gasteiger partial charge on any atom is 0.410 e. The number of aliphatic hydroxyl groups is 1. The average molecular weight is 437 g/mol. The van der Waals surface area contributed by atoms with Crippen LogP contribution in [0.3, 0.4) is 0 Å². The van der Waals surface area contributed by atoms with Crippen molar-refractivity contribution in [3.8, 4) is 0 Å². The summed E-state index contributed by atoms with van der Waals surface area (Å²) < 4.78 is 10.5. The van der Waals surface area contributed by atoms with Crippen molar-refractivity contribution < 1.29 is 24.2 Å². The van der Waals surface area contributed by atoms with Crippen LogP contribution in [-0.2, 0) is 20.9 Å². The monoisotopic (exact) mass is 436 g/mol. The number of hydrogen-bond acceptors (Lipinski definition) is 5. The van der Waals surface area contributed by atoms with Crippen molar-refractivity contribution in [3.05, 3.63) is 77.1 Å². The summed E-state index contributed by atoms with van der Waals surface area (Å²) >= 11 is 0. The van der Waals surface area contributed by atoms with Gasteiger partial charge in [-0.3, -0.25) is 4.79 Å². The average Bonchev–Trinajstić information content (AvgIpc) is 2.82. The van der Waals surface area contributed by atoms with E-state index in [-0.39, 0.29) is 31.8 Å². The lowest BCUT2D eigenvalue weighted by Crippen LogP contribution is -2.48. The molecule has 1 aliphatic rings. The molecule has 2 unspecified atom stereocenters. The highest BCUT2D eigenvalue weighted by molar-refractivity contribution is 5.70. The Morgan fingerprint density at radius 3 is 2.53 bits per heavy atom. The number of likely N-dealkylation sites (tertiary alicyclic amines) is 1. The molecule has 0 aromatic heterocycles. The summed E-state index contributed by atoms with van der Waals surface area (Å²) in [5, 5.41) is 11.2. The first-order valence-corrected chi connectivity index (χ1v) is 10.8. The smallest absolute Gasteiger partial charge is 0.410 e. The van der Waals surface area contributed by atoms with E-state index in [4.69, 9.17) is 16.0 Å². The van der Waals surface area contributed by atoms with Crippen LogP contribution in [0, 0.1) is 6.57 Å². The maximum absolute atomic E-state index is 12.9. The fraction of sp³-hybridized carbons (Fsp3) is 0.400. The quantitative estimate of drug-likeness (QED) is 0.499. The minimum absolute atomic E-state index is 0.117. The van der Waals surface area contributed by atoms with E-state index >= 15 is 0 Å². The van der Waals surface area contributed by atoms with E-state index in [9.17, 15) is 14.7 Å². The molecule has 1 heterocycles. The van der Waals surface area contributed by atoms with Crippen molar-refractivity contribution in [1.29, 1.82) is 0 Å². The Morgan fingerprint density at radius 1 is 1.16 bits per heavy atom. The molecular formula is C25H28N2O5. The third kappa shape index (κ3) is 6.08. The molecule has 3 rings (SSSR count). The van der Waals surface area contributed by atoms with Gasteiger partial charge in [-0.2, -0.15) is 0 Å². The lowest BCUT2D eigenvalue weighted by molar-refractivity contribution is -0.145. The highest BCUT2D eigenvalue weighted by atomic mass is 16.6. The van der Waals surface area contributed by atoms with Gasteiger partial charge in [0.05, 0.1) is 24.8 Å². The second kappa shape index (κ2) is 10.8. The summed E-state index contributed by atoms with van der Waals surface area (Å²) in [7, 11) is 0. The van der Waals surface area contributed by atoms with Crippen molar-refractivity contribution >= 4 is 17.7 Å². The Hall–Kier alpha value is -3.37. The number of carbonyl (C=O) groups excluding carboxylic acids is 2. The highest BCUT2D eigenvalue weighted by Gasteiger charge is 2.41. The summed E-state index contributed by atoms with van der Waals surface area (Å²) in [6, 6.07) is 16.0. The summed E-state index contributed by atoms with van der Waals surface area (Å²) in [6.07, 6.45) is 0.524. The van der Waals surface area contributed by atoms with Crippen molar-refractivity contribution in [2.75, 3.05) is 13.2 Å². The number of piperidine rings is 1. The van der Waals surface area contributed by atoms with Crippen LogP contribution < -0.4 is 0 Å². The van der Waals surface area contributed by atoms with E-state index in [1.54, 1.807) is 36.1 Å². The third-order valence-corrected chi connectivity index (χ3v) is 5.71. The summed E-state index contributed by atoms with van der Waals surface area (Å²) in [5.41, 5.74) is 1.09. The second-order valence-corrected chi connectivity index (χ2v) is 7.94. The van der Waals surface area contributed by atoms with Crippen molar-refractivity contribution in [2.45, 2.75) is 50.9 Å². The number of amides is 1. The standard InChI is InChI=1S/C25H28N2O5/c1-3-31-23(28)13-14-25(30)15-16-27(24(29)32-18-19-7-5-4-6-8-19)22(17-25)20-9-11-21(26-2)12-10-20/h4-12,22,30H,3,13-18H2,1H3. The lowest BCUT2D eigenvalue weighted by Gasteiger charge is -2.43. The van der Waals surface area contributed by atoms with Crippen LogP contribution in [0.25, 0.3) is 4.85 Å². The summed E-state index contributed by atoms with van der Waals surface area (Å²) in [6.45, 7) is 9.65. The number of nitrogens with zero attached hydrogens (tertiary/aromatic N) is 2. The molecule has 32 heavy (non-hydrogen) atoms. The van der Waals surface area contributed by atoms with Crippen LogP contribution in [0.2, 0.25) is 0 Å². The van der Waals surface area contributed by atoms with E-state index in [2.05, 4.69) is 4.85 Å². The van der Waals surface area contributed by atoms with Crippen LogP contribution in [0.4, 0.5) is 10.5 Å². The van der Waals surface area contributed by atoms with Crippen LogP contribution in [-0.4, -0.2) is 40.8 Å². The predicted octanol–water partition coefficient (Wildman–Crippen LogP) is 4.79. The van der Waals surface area contributed by atoms with Gasteiger partial charge in [-0.1, -0.05) is 54.6 Å². The highest BCUT2D eigenvalue weighted by Crippen LogP contribution is 2.40. The zero-order valence-corrected chi connectivity index (χ0v) is 18.2. The van der Waals surface area contributed by atoms with Gasteiger partial charge < -0.3 is 19.5 Å². The van der Waals surface area contributed by atoms with E-state index in [1.807, 2.05) is 30.3 Å². The molecule has 2 aromatic carbocycles. The molecule has 168 valence electrons. The van der Waals surface area contributed by atoms with Crippen molar-refractivity contribution in [1.82, 2.24) is 4.90 Å². The Labute approximate surface area is 188 Å². The first kappa shape index (κ1) is 23.3. The van der Waals surface area contributed by atoms with Gasteiger partial charge in [0, 0.05) is 19.4 Å². The van der Waals surface area contributed by atoms with Gasteiger partial charge in [-0.15, -0.1) is 0 Å². The molecule has 1 amide bonds. The van der Waals surface area contributed by atoms with Gasteiger partial charge in [0.1, 0.15) is 6.61 Å². The fourth-order valence-electron chi connectivity index (χ4n) is 3.94. The molecule has 1 aliphatic heterocycles. The van der Waals surface area contributed by atoms with Crippen LogP contribution in [0.1, 0.15) is 49.8 Å². The fourth-order valence-corrected chi connectivity index (χ4v) is 3.94. The van der Waals surface area contributed by atoms with Crippen molar-refractivity contribution in [2.24, 2.45) is 0 Å². The molecule has 1 N–H and O–H groups in total. The topological polar surface area (TPSA) is 80.4 Å². The molecule has 0 bridgehead atoms. The number of esters is 1. The van der Waals surface area contributed by atoms with Gasteiger partial charge in [0.15, 0.2) is 5.69 Å². The Bertz CT molecular complexity index is 955. The summed E-state index contributed by atoms with van der Waals surface area (Å²) in [4.78, 5) is 29.8. The largest absolute Gasteiger partial charge is 0.466 e. The molecule has 0 saturated carbocycles. The molecule has 0 radical (unpaired) electrons. The zero-order chi connectivity index (χ0) is 23.0. The molecule has 7 heteroatoms. The Balaban J connectivity index is 1.75. The SMILES string of the molecule is [C-]#[N+]c1ccc(C2CC(O)(CCC(=O)OCC)CCN2C(=O)OCc2ccccc2)cc1. The Kier molecular flexibility index (Phi) is 7.85.